The molecular formula is C22H29N3O2S. The molecule has 1 aliphatic rings. The number of carbonyl (C=O) groups is 2. The zero-order valence-electron chi connectivity index (χ0n) is 16.5. The van der Waals surface area contributed by atoms with Crippen LogP contribution in [-0.2, 0) is 4.79 Å². The Morgan fingerprint density at radius 2 is 1.75 bits per heavy atom. The van der Waals surface area contributed by atoms with Crippen molar-refractivity contribution in [2.45, 2.75) is 57.5 Å². The fourth-order valence-electron chi connectivity index (χ4n) is 3.57. The lowest BCUT2D eigenvalue weighted by molar-refractivity contribution is -0.119. The number of hydrogen-bond donors (Lipinski definition) is 3. The third-order valence-electron chi connectivity index (χ3n) is 5.17. The van der Waals surface area contributed by atoms with Gasteiger partial charge in [0.2, 0.25) is 5.91 Å². The van der Waals surface area contributed by atoms with Crippen LogP contribution in [0.5, 0.6) is 0 Å². The number of carbonyl (C=O) groups excluding carboxylic acids is 2. The molecule has 1 saturated carbocycles. The van der Waals surface area contributed by atoms with E-state index in [4.69, 9.17) is 0 Å². The van der Waals surface area contributed by atoms with Crippen molar-refractivity contribution in [2.75, 3.05) is 6.54 Å². The molecule has 0 radical (unpaired) electrons. The average molecular weight is 400 g/mol. The molecule has 3 rings (SSSR count). The Balaban J connectivity index is 1.59. The number of amides is 3. The zero-order valence-corrected chi connectivity index (χ0v) is 17.4. The van der Waals surface area contributed by atoms with Crippen molar-refractivity contribution < 1.29 is 9.59 Å². The molecule has 3 amide bonds. The maximum Gasteiger partial charge on any atom is 0.321 e. The minimum atomic E-state index is -0.396. The summed E-state index contributed by atoms with van der Waals surface area (Å²) in [5.41, 5.74) is 2.39. The summed E-state index contributed by atoms with van der Waals surface area (Å²) in [6.07, 6.45) is 4.26. The number of benzene rings is 1. The quantitative estimate of drug-likeness (QED) is 0.649. The summed E-state index contributed by atoms with van der Waals surface area (Å²) >= 11 is 1.65. The fraction of sp³-hybridized carbons (Fsp3) is 0.455. The smallest absolute Gasteiger partial charge is 0.321 e. The Morgan fingerprint density at radius 1 is 1.07 bits per heavy atom. The van der Waals surface area contributed by atoms with Gasteiger partial charge in [0, 0.05) is 10.9 Å². The van der Waals surface area contributed by atoms with Gasteiger partial charge in [0.25, 0.3) is 0 Å². The van der Waals surface area contributed by atoms with Gasteiger partial charge in [-0.05, 0) is 41.3 Å². The molecule has 28 heavy (non-hydrogen) atoms. The van der Waals surface area contributed by atoms with E-state index in [0.29, 0.717) is 5.92 Å². The van der Waals surface area contributed by atoms with Crippen LogP contribution in [-0.4, -0.2) is 24.5 Å². The lowest BCUT2D eigenvalue weighted by Crippen LogP contribution is -2.46. The molecule has 0 unspecified atom stereocenters. The van der Waals surface area contributed by atoms with Crippen LogP contribution in [0.1, 0.15) is 67.5 Å². The lowest BCUT2D eigenvalue weighted by atomic mass is 9.98. The van der Waals surface area contributed by atoms with E-state index in [1.165, 1.54) is 5.56 Å². The van der Waals surface area contributed by atoms with Crippen LogP contribution in [0.3, 0.4) is 0 Å². The van der Waals surface area contributed by atoms with Crippen molar-refractivity contribution in [3.8, 4) is 0 Å². The number of nitrogens with one attached hydrogen (secondary N) is 3. The van der Waals surface area contributed by atoms with Gasteiger partial charge in [-0.15, -0.1) is 11.3 Å². The summed E-state index contributed by atoms with van der Waals surface area (Å²) in [5.74, 6) is 0.155. The van der Waals surface area contributed by atoms with Crippen LogP contribution in [0.25, 0.3) is 0 Å². The van der Waals surface area contributed by atoms with Crippen LogP contribution < -0.4 is 16.0 Å². The van der Waals surface area contributed by atoms with E-state index in [9.17, 15) is 9.59 Å². The first-order valence-electron chi connectivity index (χ1n) is 10.00. The second kappa shape index (κ2) is 9.85. The van der Waals surface area contributed by atoms with Gasteiger partial charge in [0.05, 0.1) is 12.6 Å². The summed E-state index contributed by atoms with van der Waals surface area (Å²) in [6, 6.07) is 12.3. The van der Waals surface area contributed by atoms with E-state index in [1.54, 1.807) is 11.3 Å². The molecular weight excluding hydrogens is 370 g/mol. The van der Waals surface area contributed by atoms with Crippen molar-refractivity contribution in [1.82, 2.24) is 16.0 Å². The van der Waals surface area contributed by atoms with Crippen molar-refractivity contribution in [2.24, 2.45) is 0 Å². The van der Waals surface area contributed by atoms with Crippen LogP contribution in [0.4, 0.5) is 4.79 Å². The highest BCUT2D eigenvalue weighted by Crippen LogP contribution is 2.27. The highest BCUT2D eigenvalue weighted by Gasteiger charge is 2.20. The SMILES string of the molecule is CC(C)c1ccc([C@@H](NCC(=O)NC(=O)NC2CCCC2)c2cccs2)cc1. The first kappa shape index (κ1) is 20.6. The van der Waals surface area contributed by atoms with Crippen LogP contribution in [0.15, 0.2) is 41.8 Å². The Labute approximate surface area is 170 Å². The molecule has 0 aliphatic heterocycles. The van der Waals surface area contributed by atoms with Gasteiger partial charge in [-0.2, -0.15) is 0 Å². The topological polar surface area (TPSA) is 70.2 Å². The van der Waals surface area contributed by atoms with E-state index in [0.717, 1.165) is 36.1 Å². The van der Waals surface area contributed by atoms with E-state index in [1.807, 2.05) is 11.4 Å². The average Bonchev–Trinajstić information content (AvgIpc) is 3.36. The van der Waals surface area contributed by atoms with Gasteiger partial charge in [-0.1, -0.05) is 57.0 Å². The summed E-state index contributed by atoms with van der Waals surface area (Å²) < 4.78 is 0. The Kier molecular flexibility index (Phi) is 7.23. The van der Waals surface area contributed by atoms with Crippen molar-refractivity contribution in [3.63, 3.8) is 0 Å². The molecule has 1 fully saturated rings. The minimum absolute atomic E-state index is 0.0760. The van der Waals surface area contributed by atoms with Crippen molar-refractivity contribution >= 4 is 23.3 Å². The molecule has 1 aromatic heterocycles. The second-order valence-corrected chi connectivity index (χ2v) is 8.63. The molecule has 150 valence electrons. The maximum absolute atomic E-state index is 12.2. The molecule has 5 nitrogen and oxygen atoms in total. The number of hydrogen-bond acceptors (Lipinski definition) is 4. The van der Waals surface area contributed by atoms with Gasteiger partial charge in [-0.25, -0.2) is 4.79 Å². The summed E-state index contributed by atoms with van der Waals surface area (Å²) in [5, 5.41) is 10.6. The molecule has 3 N–H and O–H groups in total. The number of thiophene rings is 1. The number of rotatable bonds is 7. The Morgan fingerprint density at radius 3 is 2.36 bits per heavy atom. The summed E-state index contributed by atoms with van der Waals surface area (Å²) in [6.45, 7) is 4.42. The van der Waals surface area contributed by atoms with Gasteiger partial charge in [0.1, 0.15) is 0 Å². The predicted octanol–water partition coefficient (Wildman–Crippen LogP) is 4.32. The first-order chi connectivity index (χ1) is 13.5. The highest BCUT2D eigenvalue weighted by atomic mass is 32.1. The molecule has 1 heterocycles. The van der Waals surface area contributed by atoms with Crippen LogP contribution >= 0.6 is 11.3 Å². The first-order valence-corrected chi connectivity index (χ1v) is 10.9. The molecule has 0 bridgehead atoms. The third kappa shape index (κ3) is 5.66. The Bertz CT molecular complexity index is 766. The molecule has 1 atom stereocenters. The summed E-state index contributed by atoms with van der Waals surface area (Å²) in [7, 11) is 0. The molecule has 6 heteroatoms. The summed E-state index contributed by atoms with van der Waals surface area (Å²) in [4.78, 5) is 25.4. The maximum atomic E-state index is 12.2. The molecule has 0 saturated heterocycles. The van der Waals surface area contributed by atoms with E-state index in [2.05, 4.69) is 60.1 Å². The largest absolute Gasteiger partial charge is 0.335 e. The van der Waals surface area contributed by atoms with Crippen molar-refractivity contribution in [1.29, 1.82) is 0 Å². The number of urea groups is 1. The van der Waals surface area contributed by atoms with Gasteiger partial charge < -0.3 is 5.32 Å². The van der Waals surface area contributed by atoms with Crippen LogP contribution in [0, 0.1) is 0 Å². The fourth-order valence-corrected chi connectivity index (χ4v) is 4.40. The zero-order chi connectivity index (χ0) is 19.9. The minimum Gasteiger partial charge on any atom is -0.335 e. The molecule has 0 spiro atoms. The molecule has 1 aromatic carbocycles. The van der Waals surface area contributed by atoms with Gasteiger partial charge in [-0.3, -0.25) is 15.4 Å². The van der Waals surface area contributed by atoms with E-state index in [-0.39, 0.29) is 24.5 Å². The van der Waals surface area contributed by atoms with Gasteiger partial charge >= 0.3 is 6.03 Å². The number of imide groups is 1. The lowest BCUT2D eigenvalue weighted by Gasteiger charge is -2.19. The van der Waals surface area contributed by atoms with Gasteiger partial charge in [0.15, 0.2) is 0 Å². The monoisotopic (exact) mass is 399 g/mol. The normalized spacial score (nSPS) is 15.5. The van der Waals surface area contributed by atoms with Crippen molar-refractivity contribution in [3.05, 3.63) is 57.8 Å². The Hall–Kier alpha value is -2.18. The van der Waals surface area contributed by atoms with Crippen LogP contribution in [0.2, 0.25) is 0 Å². The third-order valence-corrected chi connectivity index (χ3v) is 6.11. The molecule has 2 aromatic rings. The molecule has 1 aliphatic carbocycles. The van der Waals surface area contributed by atoms with E-state index >= 15 is 0 Å². The second-order valence-electron chi connectivity index (χ2n) is 7.65. The predicted molar refractivity (Wildman–Crippen MR) is 114 cm³/mol. The van der Waals surface area contributed by atoms with E-state index < -0.39 is 6.03 Å². The highest BCUT2D eigenvalue weighted by molar-refractivity contribution is 7.10. The standard InChI is InChI=1S/C22H29N3O2S/c1-15(2)16-9-11-17(12-10-16)21(19-8-5-13-28-19)23-14-20(26)25-22(27)24-18-6-3-4-7-18/h5,8-13,15,18,21,23H,3-4,6-7,14H2,1-2H3,(H2,24,25,26,27)/t21-/m1/s1.